The van der Waals surface area contributed by atoms with E-state index in [1.54, 1.807) is 0 Å². The van der Waals surface area contributed by atoms with Gasteiger partial charge in [-0.05, 0) is 38.5 Å². The molecular formula is C40H84NO8P. The van der Waals surface area contributed by atoms with Gasteiger partial charge in [-0.1, -0.05) is 167 Å². The molecule has 0 aromatic carbocycles. The van der Waals surface area contributed by atoms with Crippen LogP contribution in [-0.2, 0) is 23.1 Å². The number of aliphatic hydroxyl groups is 2. The minimum atomic E-state index is -4.63. The highest BCUT2D eigenvalue weighted by molar-refractivity contribution is 7.45. The quantitative estimate of drug-likeness (QED) is 0.0318. The van der Waals surface area contributed by atoms with Crippen molar-refractivity contribution in [1.29, 1.82) is 0 Å². The van der Waals surface area contributed by atoms with E-state index >= 15 is 0 Å². The van der Waals surface area contributed by atoms with E-state index in [-0.39, 0.29) is 19.4 Å². The molecule has 0 aliphatic carbocycles. The summed E-state index contributed by atoms with van der Waals surface area (Å²) in [5.41, 5.74) is 0. The molecule has 0 saturated heterocycles. The van der Waals surface area contributed by atoms with Crippen molar-refractivity contribution in [2.24, 2.45) is 0 Å². The second-order valence-corrected chi connectivity index (χ2v) is 15.4. The number of aliphatic hydroxyl groups excluding tert-OH is 2. The number of allylic oxidation sites excluding steroid dienone is 2. The van der Waals surface area contributed by atoms with Gasteiger partial charge in [0.05, 0.1) is 26.4 Å². The third-order valence-electron chi connectivity index (χ3n) is 9.01. The molecule has 3 atom stereocenters. The summed E-state index contributed by atoms with van der Waals surface area (Å²) >= 11 is 0. The molecule has 9 nitrogen and oxygen atoms in total. The van der Waals surface area contributed by atoms with E-state index in [2.05, 4.69) is 30.5 Å². The molecule has 0 rings (SSSR count). The van der Waals surface area contributed by atoms with Crippen LogP contribution in [0.3, 0.4) is 0 Å². The number of ether oxygens (including phenoxy) is 2. The molecule has 302 valence electrons. The highest BCUT2D eigenvalue weighted by Gasteiger charge is 2.17. The van der Waals surface area contributed by atoms with Gasteiger partial charge in [0.2, 0.25) is 0 Å². The third kappa shape index (κ3) is 40.4. The lowest BCUT2D eigenvalue weighted by Crippen LogP contribution is -2.28. The smallest absolute Gasteiger partial charge is 0.268 e. The van der Waals surface area contributed by atoms with Gasteiger partial charge >= 0.3 is 0 Å². The average Bonchev–Trinajstić information content (AvgIpc) is 3.10. The van der Waals surface area contributed by atoms with Crippen LogP contribution in [0.25, 0.3) is 0 Å². The lowest BCUT2D eigenvalue weighted by atomic mass is 10.0. The summed E-state index contributed by atoms with van der Waals surface area (Å²) in [5.74, 6) is 0. The van der Waals surface area contributed by atoms with E-state index in [0.29, 0.717) is 13.2 Å². The van der Waals surface area contributed by atoms with Crippen LogP contribution >= 0.6 is 7.82 Å². The number of unbranched alkanes of at least 4 members (excludes halogenated alkanes) is 25. The summed E-state index contributed by atoms with van der Waals surface area (Å²) in [6.45, 7) is 4.57. The first-order valence-electron chi connectivity index (χ1n) is 20.7. The Morgan fingerprint density at radius 1 is 0.560 bits per heavy atom. The van der Waals surface area contributed by atoms with Gasteiger partial charge in [0.25, 0.3) is 7.82 Å². The number of hydrogen-bond acceptors (Lipinski definition) is 8. The van der Waals surface area contributed by atoms with Gasteiger partial charge < -0.3 is 39.8 Å². The first-order valence-corrected chi connectivity index (χ1v) is 22.1. The Bertz CT molecular complexity index is 729. The predicted molar refractivity (Wildman–Crippen MR) is 209 cm³/mol. The largest absolute Gasteiger partial charge is 0.756 e. The number of phosphoric acid groups is 1. The predicted octanol–water partition coefficient (Wildman–Crippen LogP) is 11.1. The highest BCUT2D eigenvalue weighted by Crippen LogP contribution is 2.38. The molecule has 0 aromatic heterocycles. The van der Waals surface area contributed by atoms with Crippen LogP contribution in [0.1, 0.15) is 194 Å². The summed E-state index contributed by atoms with van der Waals surface area (Å²) < 4.78 is 33.6. The van der Waals surface area contributed by atoms with Crippen molar-refractivity contribution < 1.29 is 38.2 Å². The molecule has 2 unspecified atom stereocenters. The van der Waals surface area contributed by atoms with Gasteiger partial charge in [-0.25, -0.2) is 0 Å². The number of hydrogen-bond donors (Lipinski definition) is 3. The van der Waals surface area contributed by atoms with Gasteiger partial charge in [-0.15, -0.1) is 0 Å². The van der Waals surface area contributed by atoms with Crippen molar-refractivity contribution >= 4 is 7.82 Å². The van der Waals surface area contributed by atoms with Crippen LogP contribution in [0.4, 0.5) is 0 Å². The van der Waals surface area contributed by atoms with Gasteiger partial charge in [-0.2, -0.15) is 0 Å². The van der Waals surface area contributed by atoms with E-state index < -0.39 is 33.2 Å². The monoisotopic (exact) mass is 738 g/mol. The maximum atomic E-state index is 12.1. The molecule has 0 aliphatic heterocycles. The first kappa shape index (κ1) is 51.8. The molecule has 0 fully saturated rings. The molecule has 0 heterocycles. The molecule has 10 heteroatoms. The second kappa shape index (κ2) is 41.4. The van der Waals surface area contributed by atoms with E-state index in [4.69, 9.17) is 19.1 Å². The Balaban J connectivity index is 0. The summed E-state index contributed by atoms with van der Waals surface area (Å²) in [4.78, 5) is 12.1. The standard InChI is InChI=1S/C40H81O8P.H3N/c1-3-5-7-9-11-13-15-17-19-20-22-24-26-28-30-32-34-46-40(38-48-49(43,44)47-36-39(42)35-41)37-45-33-31-29-27-25-23-21-18-16-14-12-10-8-6-4-2;/h17,19,39-42H,3-16,18,20-38H2,1-2H3,(H,43,44);1H3/b19-17-;/t39?,40-;/m1./s1. The van der Waals surface area contributed by atoms with Crippen molar-refractivity contribution in [2.45, 2.75) is 206 Å². The normalized spacial score (nSPS) is 14.2. The highest BCUT2D eigenvalue weighted by atomic mass is 31.2. The Labute approximate surface area is 309 Å². The topological polar surface area (TPSA) is 154 Å². The van der Waals surface area contributed by atoms with Crippen LogP contribution < -0.4 is 11.0 Å². The lowest BCUT2D eigenvalue weighted by Gasteiger charge is -2.26. The Hall–Kier alpha value is -0.350. The summed E-state index contributed by atoms with van der Waals surface area (Å²) in [6, 6.07) is 0. The fraction of sp³-hybridized carbons (Fsp3) is 0.950. The zero-order chi connectivity index (χ0) is 35.9. The zero-order valence-electron chi connectivity index (χ0n) is 33.1. The molecule has 0 spiro atoms. The van der Waals surface area contributed by atoms with E-state index in [1.807, 2.05) is 0 Å². The van der Waals surface area contributed by atoms with Crippen LogP contribution in [0, 0.1) is 0 Å². The van der Waals surface area contributed by atoms with Gasteiger partial charge in [0, 0.05) is 13.2 Å². The zero-order valence-corrected chi connectivity index (χ0v) is 34.0. The first-order chi connectivity index (χ1) is 23.9. The molecule has 0 aromatic rings. The maximum Gasteiger partial charge on any atom is 0.268 e. The van der Waals surface area contributed by atoms with Gasteiger partial charge in [-0.3, -0.25) is 4.57 Å². The SMILES string of the molecule is CCCCCCCC/C=C\CCCCCCCCO[C@H](COCCCCCCCCCCCCCCCC)COP(=O)([O-])OCC(O)CO.[NH4+]. The minimum absolute atomic E-state index is 0. The van der Waals surface area contributed by atoms with Crippen molar-refractivity contribution in [1.82, 2.24) is 6.15 Å². The summed E-state index contributed by atoms with van der Waals surface area (Å²) in [7, 11) is -4.63. The summed E-state index contributed by atoms with van der Waals surface area (Å²) in [6.07, 6.45) is 38.5. The maximum absolute atomic E-state index is 12.1. The van der Waals surface area contributed by atoms with Crippen molar-refractivity contribution in [2.75, 3.05) is 39.6 Å². The minimum Gasteiger partial charge on any atom is -0.756 e. The fourth-order valence-corrected chi connectivity index (χ4v) is 6.58. The van der Waals surface area contributed by atoms with Crippen molar-refractivity contribution in [3.05, 3.63) is 12.2 Å². The molecule has 0 amide bonds. The van der Waals surface area contributed by atoms with Crippen LogP contribution in [0.5, 0.6) is 0 Å². The van der Waals surface area contributed by atoms with Crippen LogP contribution in [0.2, 0.25) is 0 Å². The molecular weight excluding hydrogens is 653 g/mol. The Morgan fingerprint density at radius 3 is 1.38 bits per heavy atom. The Morgan fingerprint density at radius 2 is 0.940 bits per heavy atom. The second-order valence-electron chi connectivity index (χ2n) is 14.0. The molecule has 0 radical (unpaired) electrons. The lowest BCUT2D eigenvalue weighted by molar-refractivity contribution is -0.230. The van der Waals surface area contributed by atoms with Gasteiger partial charge in [0.1, 0.15) is 12.2 Å². The van der Waals surface area contributed by atoms with Gasteiger partial charge in [0.15, 0.2) is 0 Å². The molecule has 6 N–H and O–H groups in total. The molecule has 50 heavy (non-hydrogen) atoms. The van der Waals surface area contributed by atoms with Crippen LogP contribution in [0.15, 0.2) is 12.2 Å². The molecule has 0 bridgehead atoms. The molecule has 0 aliphatic rings. The van der Waals surface area contributed by atoms with Crippen LogP contribution in [-0.4, -0.2) is 62.1 Å². The van der Waals surface area contributed by atoms with Crippen molar-refractivity contribution in [3.63, 3.8) is 0 Å². The number of quaternary nitrogens is 1. The van der Waals surface area contributed by atoms with E-state index in [9.17, 15) is 14.6 Å². The van der Waals surface area contributed by atoms with E-state index in [0.717, 1.165) is 25.7 Å². The third-order valence-corrected chi connectivity index (χ3v) is 9.94. The average molecular weight is 738 g/mol. The molecule has 0 saturated carbocycles. The fourth-order valence-electron chi connectivity index (χ4n) is 5.80. The number of rotatable bonds is 41. The van der Waals surface area contributed by atoms with E-state index in [1.165, 1.54) is 154 Å². The Kier molecular flexibility index (Phi) is 42.9. The van der Waals surface area contributed by atoms with Crippen molar-refractivity contribution in [3.8, 4) is 0 Å². The number of phosphoric ester groups is 1. The summed E-state index contributed by atoms with van der Waals surface area (Å²) in [5, 5.41) is 18.3.